The number of carbonyl (C=O) groups is 1. The minimum atomic E-state index is -0.666. The van der Waals surface area contributed by atoms with Gasteiger partial charge in [-0.05, 0) is 5.56 Å². The zero-order valence-electron chi connectivity index (χ0n) is 9.87. The molecule has 2 rings (SSSR count). The molecule has 18 heavy (non-hydrogen) atoms. The summed E-state index contributed by atoms with van der Waals surface area (Å²) in [5.41, 5.74) is 1.05. The van der Waals surface area contributed by atoms with Gasteiger partial charge in [-0.15, -0.1) is 0 Å². The van der Waals surface area contributed by atoms with Gasteiger partial charge in [0, 0.05) is 13.2 Å². The van der Waals surface area contributed by atoms with Crippen molar-refractivity contribution in [1.82, 2.24) is 14.9 Å². The molecule has 5 nitrogen and oxygen atoms in total. The number of rotatable bonds is 3. The number of nitriles is 1. The number of imidazole rings is 1. The Morgan fingerprint density at radius 2 is 2.17 bits per heavy atom. The van der Waals surface area contributed by atoms with Crippen molar-refractivity contribution in [1.29, 1.82) is 5.26 Å². The fraction of sp³-hybridized carbons (Fsp3) is 0.154. The van der Waals surface area contributed by atoms with Crippen LogP contribution in [-0.4, -0.2) is 15.5 Å². The van der Waals surface area contributed by atoms with Gasteiger partial charge in [-0.3, -0.25) is 4.79 Å². The number of aromatic nitrogens is 2. The predicted octanol–water partition coefficient (Wildman–Crippen LogP) is 1.41. The first kappa shape index (κ1) is 11.9. The monoisotopic (exact) mass is 240 g/mol. The third-order valence-corrected chi connectivity index (χ3v) is 2.47. The van der Waals surface area contributed by atoms with E-state index < -0.39 is 6.04 Å². The second-order valence-corrected chi connectivity index (χ2v) is 3.87. The number of hydrogen-bond donors (Lipinski definition) is 1. The average Bonchev–Trinajstić information content (AvgIpc) is 2.83. The Hall–Kier alpha value is -2.61. The van der Waals surface area contributed by atoms with Gasteiger partial charge >= 0.3 is 0 Å². The maximum atomic E-state index is 11.9. The molecule has 5 heteroatoms. The van der Waals surface area contributed by atoms with Gasteiger partial charge < -0.3 is 9.88 Å². The summed E-state index contributed by atoms with van der Waals surface area (Å²) in [6.45, 7) is 0. The van der Waals surface area contributed by atoms with Crippen LogP contribution in [0, 0.1) is 11.3 Å². The molecule has 2 aromatic rings. The predicted molar refractivity (Wildman–Crippen MR) is 65.5 cm³/mol. The Morgan fingerprint density at radius 3 is 2.72 bits per heavy atom. The maximum absolute atomic E-state index is 11.9. The highest BCUT2D eigenvalue weighted by Crippen LogP contribution is 2.11. The molecule has 0 bridgehead atoms. The fourth-order valence-electron chi connectivity index (χ4n) is 1.57. The molecular formula is C13H12N4O. The van der Waals surface area contributed by atoms with E-state index in [-0.39, 0.29) is 5.91 Å². The van der Waals surface area contributed by atoms with Crippen molar-refractivity contribution in [3.8, 4) is 6.07 Å². The van der Waals surface area contributed by atoms with Crippen LogP contribution in [0.15, 0.2) is 42.9 Å². The molecule has 0 aliphatic carbocycles. The first-order chi connectivity index (χ1) is 8.70. The van der Waals surface area contributed by atoms with Gasteiger partial charge in [-0.1, -0.05) is 30.3 Å². The highest BCUT2D eigenvalue weighted by Gasteiger charge is 2.16. The van der Waals surface area contributed by atoms with E-state index in [0.717, 1.165) is 5.56 Å². The molecule has 1 heterocycles. The molecule has 0 aliphatic rings. The first-order valence-electron chi connectivity index (χ1n) is 5.44. The van der Waals surface area contributed by atoms with Crippen molar-refractivity contribution in [3.05, 3.63) is 54.1 Å². The molecule has 1 aromatic heterocycles. The number of nitrogens with one attached hydrogen (secondary N) is 1. The van der Waals surface area contributed by atoms with Gasteiger partial charge in [-0.25, -0.2) is 4.98 Å². The molecule has 1 amide bonds. The Morgan fingerprint density at radius 1 is 1.44 bits per heavy atom. The highest BCUT2D eigenvalue weighted by molar-refractivity contribution is 5.92. The number of nitrogens with zero attached hydrogens (tertiary/aromatic N) is 3. The molecule has 1 aromatic carbocycles. The fourth-order valence-corrected chi connectivity index (χ4v) is 1.57. The van der Waals surface area contributed by atoms with Crippen molar-refractivity contribution in [2.24, 2.45) is 7.05 Å². The van der Waals surface area contributed by atoms with Crippen molar-refractivity contribution in [2.75, 3.05) is 0 Å². The molecule has 0 radical (unpaired) electrons. The Labute approximate surface area is 105 Å². The summed E-state index contributed by atoms with van der Waals surface area (Å²) < 4.78 is 1.68. The van der Waals surface area contributed by atoms with Crippen LogP contribution in [0.25, 0.3) is 0 Å². The lowest BCUT2D eigenvalue weighted by Gasteiger charge is -2.10. The summed E-state index contributed by atoms with van der Waals surface area (Å²) in [7, 11) is 1.78. The van der Waals surface area contributed by atoms with E-state index in [1.54, 1.807) is 36.3 Å². The summed E-state index contributed by atoms with van der Waals surface area (Å²) in [5.74, 6) is -0.356. The van der Waals surface area contributed by atoms with Crippen molar-refractivity contribution < 1.29 is 4.79 Å². The lowest BCUT2D eigenvalue weighted by atomic mass is 10.1. The largest absolute Gasteiger partial charge is 0.340 e. The van der Waals surface area contributed by atoms with Crippen LogP contribution in [-0.2, 0) is 7.05 Å². The molecule has 0 fully saturated rings. The average molecular weight is 240 g/mol. The molecule has 0 saturated carbocycles. The number of aryl methyl sites for hydroxylation is 1. The van der Waals surface area contributed by atoms with Gasteiger partial charge in [0.05, 0.1) is 12.4 Å². The third kappa shape index (κ3) is 2.55. The van der Waals surface area contributed by atoms with Crippen LogP contribution in [0.5, 0.6) is 0 Å². The number of amides is 1. The quantitative estimate of drug-likeness (QED) is 0.881. The van der Waals surface area contributed by atoms with E-state index in [2.05, 4.69) is 16.4 Å². The van der Waals surface area contributed by atoms with Crippen LogP contribution in [0.2, 0.25) is 0 Å². The first-order valence-corrected chi connectivity index (χ1v) is 5.44. The molecular weight excluding hydrogens is 228 g/mol. The minimum Gasteiger partial charge on any atom is -0.340 e. The highest BCUT2D eigenvalue weighted by atomic mass is 16.1. The lowest BCUT2D eigenvalue weighted by Crippen LogP contribution is -2.27. The van der Waals surface area contributed by atoms with E-state index in [0.29, 0.717) is 5.69 Å². The summed E-state index contributed by atoms with van der Waals surface area (Å²) in [4.78, 5) is 15.8. The van der Waals surface area contributed by atoms with Gasteiger partial charge in [0.2, 0.25) is 0 Å². The smallest absolute Gasteiger partial charge is 0.272 e. The number of hydrogen-bond acceptors (Lipinski definition) is 3. The zero-order chi connectivity index (χ0) is 13.0. The van der Waals surface area contributed by atoms with Crippen molar-refractivity contribution in [3.63, 3.8) is 0 Å². The van der Waals surface area contributed by atoms with E-state index in [9.17, 15) is 4.79 Å². The molecule has 1 N–H and O–H groups in total. The van der Waals surface area contributed by atoms with Gasteiger partial charge in [-0.2, -0.15) is 5.26 Å². The molecule has 1 unspecified atom stereocenters. The Bertz CT molecular complexity index is 583. The normalized spacial score (nSPS) is 11.6. The second kappa shape index (κ2) is 5.15. The van der Waals surface area contributed by atoms with E-state index in [4.69, 9.17) is 5.26 Å². The molecule has 0 spiro atoms. The van der Waals surface area contributed by atoms with Gasteiger partial charge in [0.15, 0.2) is 0 Å². The van der Waals surface area contributed by atoms with Gasteiger partial charge in [0.25, 0.3) is 5.91 Å². The lowest BCUT2D eigenvalue weighted by molar-refractivity contribution is 0.0940. The maximum Gasteiger partial charge on any atom is 0.272 e. The van der Waals surface area contributed by atoms with E-state index in [1.807, 2.05) is 18.2 Å². The molecule has 0 aliphatic heterocycles. The molecule has 90 valence electrons. The number of carbonyl (C=O) groups excluding carboxylic acids is 1. The van der Waals surface area contributed by atoms with Crippen molar-refractivity contribution >= 4 is 5.91 Å². The Balaban J connectivity index is 2.13. The van der Waals surface area contributed by atoms with Crippen LogP contribution < -0.4 is 5.32 Å². The molecule has 1 atom stereocenters. The molecule has 0 saturated heterocycles. The standard InChI is InChI=1S/C13H12N4O/c1-17-8-12(15-9-17)13(18)16-11(7-14)10-5-3-2-4-6-10/h2-6,8-9,11H,1H3,(H,16,18). The third-order valence-electron chi connectivity index (χ3n) is 2.47. The van der Waals surface area contributed by atoms with Crippen molar-refractivity contribution in [2.45, 2.75) is 6.04 Å². The summed E-state index contributed by atoms with van der Waals surface area (Å²) in [5, 5.41) is 11.7. The Kier molecular flexibility index (Phi) is 3.39. The summed E-state index contributed by atoms with van der Waals surface area (Å²) in [6.07, 6.45) is 3.15. The topological polar surface area (TPSA) is 70.7 Å². The SMILES string of the molecule is Cn1cnc(C(=O)NC(C#N)c2ccccc2)c1. The van der Waals surface area contributed by atoms with Crippen LogP contribution in [0.4, 0.5) is 0 Å². The van der Waals surface area contributed by atoms with E-state index in [1.165, 1.54) is 0 Å². The van der Waals surface area contributed by atoms with Crippen LogP contribution in [0.1, 0.15) is 22.1 Å². The summed E-state index contributed by atoms with van der Waals surface area (Å²) >= 11 is 0. The minimum absolute atomic E-state index is 0.300. The zero-order valence-corrected chi connectivity index (χ0v) is 9.87. The van der Waals surface area contributed by atoms with Gasteiger partial charge in [0.1, 0.15) is 11.7 Å². The number of benzene rings is 1. The second-order valence-electron chi connectivity index (χ2n) is 3.87. The summed E-state index contributed by atoms with van der Waals surface area (Å²) in [6, 6.07) is 10.5. The van der Waals surface area contributed by atoms with Crippen LogP contribution in [0.3, 0.4) is 0 Å². The van der Waals surface area contributed by atoms with E-state index >= 15 is 0 Å². The van der Waals surface area contributed by atoms with Crippen LogP contribution >= 0.6 is 0 Å².